The Labute approximate surface area is 149 Å². The second-order valence-electron chi connectivity index (χ2n) is 6.04. The Balaban J connectivity index is 1.64. The van der Waals surface area contributed by atoms with Crippen molar-refractivity contribution < 1.29 is 0 Å². The normalized spacial score (nSPS) is 12.5. The molecule has 1 atom stereocenters. The van der Waals surface area contributed by atoms with Crippen LogP contribution in [0.4, 0.5) is 0 Å². The number of rotatable bonds is 5. The second-order valence-corrected chi connectivity index (χ2v) is 7.11. The van der Waals surface area contributed by atoms with Crippen LogP contribution in [0.25, 0.3) is 10.2 Å². The number of hydrogen-bond acceptors (Lipinski definition) is 4. The third kappa shape index (κ3) is 3.13. The Bertz CT molecular complexity index is 1030. The van der Waals surface area contributed by atoms with E-state index >= 15 is 0 Å². The van der Waals surface area contributed by atoms with Gasteiger partial charge in [0.15, 0.2) is 0 Å². The van der Waals surface area contributed by atoms with E-state index in [0.29, 0.717) is 18.5 Å². The van der Waals surface area contributed by atoms with E-state index in [0.717, 1.165) is 9.71 Å². The number of hydrogen-bond donors (Lipinski definition) is 0. The van der Waals surface area contributed by atoms with E-state index in [4.69, 9.17) is 0 Å². The lowest BCUT2D eigenvalue weighted by Crippen LogP contribution is -2.22. The molecule has 0 unspecified atom stereocenters. The number of aromatic nitrogens is 4. The van der Waals surface area contributed by atoms with E-state index in [2.05, 4.69) is 29.0 Å². The van der Waals surface area contributed by atoms with Gasteiger partial charge in [0.1, 0.15) is 4.83 Å². The van der Waals surface area contributed by atoms with Gasteiger partial charge in [0, 0.05) is 36.3 Å². The zero-order valence-electron chi connectivity index (χ0n) is 13.9. The maximum absolute atomic E-state index is 12.8. The largest absolute Gasteiger partial charge is 0.336 e. The second kappa shape index (κ2) is 6.64. The lowest BCUT2D eigenvalue weighted by molar-refractivity contribution is 0.562. The summed E-state index contributed by atoms with van der Waals surface area (Å²) >= 11 is 1.60. The van der Waals surface area contributed by atoms with E-state index in [-0.39, 0.29) is 11.5 Å². The number of aryl methyl sites for hydroxylation is 2. The summed E-state index contributed by atoms with van der Waals surface area (Å²) < 4.78 is 3.62. The maximum atomic E-state index is 12.8. The molecule has 0 bridgehead atoms. The van der Waals surface area contributed by atoms with Crippen LogP contribution in [0.1, 0.15) is 23.3 Å². The number of nitrogens with zero attached hydrogens (tertiary/aromatic N) is 4. The number of benzene rings is 1. The van der Waals surface area contributed by atoms with Gasteiger partial charge in [0.05, 0.1) is 18.0 Å². The molecule has 5 nitrogen and oxygen atoms in total. The Morgan fingerprint density at radius 2 is 2.00 bits per heavy atom. The van der Waals surface area contributed by atoms with Crippen LogP contribution in [0, 0.1) is 0 Å². The van der Waals surface area contributed by atoms with Gasteiger partial charge < -0.3 is 4.57 Å². The Morgan fingerprint density at radius 1 is 1.16 bits per heavy atom. The molecule has 0 radical (unpaired) electrons. The first-order chi connectivity index (χ1) is 12.2. The van der Waals surface area contributed by atoms with Gasteiger partial charge in [0.2, 0.25) is 0 Å². The summed E-state index contributed by atoms with van der Waals surface area (Å²) in [5.41, 5.74) is 1.27. The fourth-order valence-electron chi connectivity index (χ4n) is 2.90. The van der Waals surface area contributed by atoms with Gasteiger partial charge in [0.25, 0.3) is 5.56 Å². The summed E-state index contributed by atoms with van der Waals surface area (Å²) in [6, 6.07) is 12.3. The van der Waals surface area contributed by atoms with Crippen molar-refractivity contribution in [2.45, 2.75) is 25.9 Å². The molecule has 0 N–H and O–H groups in total. The van der Waals surface area contributed by atoms with Crippen LogP contribution in [0.15, 0.2) is 66.2 Å². The smallest absolute Gasteiger partial charge is 0.262 e. The average molecular weight is 350 g/mol. The van der Waals surface area contributed by atoms with Crippen molar-refractivity contribution in [2.24, 2.45) is 0 Å². The molecule has 6 heteroatoms. The molecule has 4 rings (SSSR count). The third-order valence-corrected chi connectivity index (χ3v) is 5.65. The maximum Gasteiger partial charge on any atom is 0.262 e. The molecule has 126 valence electrons. The van der Waals surface area contributed by atoms with Gasteiger partial charge in [-0.25, -0.2) is 9.97 Å². The highest BCUT2D eigenvalue weighted by Gasteiger charge is 2.15. The first-order valence-corrected chi connectivity index (χ1v) is 9.03. The highest BCUT2D eigenvalue weighted by atomic mass is 32.1. The van der Waals surface area contributed by atoms with Gasteiger partial charge in [-0.3, -0.25) is 9.36 Å². The standard InChI is InChI=1S/C19H18N4OS/c1-14(15-5-3-2-4-6-15)17-11-16-18(25-17)21-13-23(19(16)24)10-9-22-8-7-20-12-22/h2-8,11-14H,9-10H2,1H3/t14-/m1/s1. The number of thiophene rings is 1. The van der Waals surface area contributed by atoms with E-state index in [1.807, 2.05) is 35.0 Å². The van der Waals surface area contributed by atoms with Crippen molar-refractivity contribution in [3.05, 3.63) is 82.2 Å². The molecule has 0 saturated carbocycles. The summed E-state index contributed by atoms with van der Waals surface area (Å²) in [4.78, 5) is 23.3. The van der Waals surface area contributed by atoms with Gasteiger partial charge >= 0.3 is 0 Å². The summed E-state index contributed by atoms with van der Waals surface area (Å²) in [6.45, 7) is 3.44. The summed E-state index contributed by atoms with van der Waals surface area (Å²) in [5, 5.41) is 0.705. The molecule has 0 saturated heterocycles. The van der Waals surface area contributed by atoms with Crippen LogP contribution in [-0.4, -0.2) is 19.1 Å². The first-order valence-electron chi connectivity index (χ1n) is 8.22. The van der Waals surface area contributed by atoms with Crippen molar-refractivity contribution in [3.8, 4) is 0 Å². The van der Waals surface area contributed by atoms with Crippen molar-refractivity contribution >= 4 is 21.6 Å². The molecule has 0 aliphatic carbocycles. The van der Waals surface area contributed by atoms with Crippen molar-refractivity contribution in [1.82, 2.24) is 19.1 Å². The monoisotopic (exact) mass is 350 g/mol. The summed E-state index contributed by atoms with van der Waals surface area (Å²) in [7, 11) is 0. The van der Waals surface area contributed by atoms with Gasteiger partial charge in [-0.15, -0.1) is 11.3 Å². The molecule has 3 heterocycles. The first kappa shape index (κ1) is 15.8. The van der Waals surface area contributed by atoms with Crippen LogP contribution < -0.4 is 5.56 Å². The van der Waals surface area contributed by atoms with Crippen LogP contribution in [0.3, 0.4) is 0 Å². The van der Waals surface area contributed by atoms with Crippen molar-refractivity contribution in [3.63, 3.8) is 0 Å². The molecule has 0 aliphatic rings. The summed E-state index contributed by atoms with van der Waals surface area (Å²) in [6.07, 6.45) is 7.03. The Morgan fingerprint density at radius 3 is 2.76 bits per heavy atom. The lowest BCUT2D eigenvalue weighted by atomic mass is 10.00. The molecule has 3 aromatic heterocycles. The summed E-state index contributed by atoms with van der Waals surface area (Å²) in [5.74, 6) is 0.249. The zero-order valence-corrected chi connectivity index (χ0v) is 14.7. The van der Waals surface area contributed by atoms with Crippen LogP contribution >= 0.6 is 11.3 Å². The predicted molar refractivity (Wildman–Crippen MR) is 100 cm³/mol. The number of fused-ring (bicyclic) bond motifs is 1. The van der Waals surface area contributed by atoms with Crippen LogP contribution in [-0.2, 0) is 13.1 Å². The highest BCUT2D eigenvalue weighted by molar-refractivity contribution is 7.18. The molecule has 0 aliphatic heterocycles. The highest BCUT2D eigenvalue weighted by Crippen LogP contribution is 2.32. The molecule has 0 fully saturated rings. The SMILES string of the molecule is C[C@H](c1ccccc1)c1cc2c(=O)n(CCn3ccnc3)cnc2s1. The van der Waals surface area contributed by atoms with E-state index in [1.54, 1.807) is 34.8 Å². The quantitative estimate of drug-likeness (QED) is 0.553. The minimum absolute atomic E-state index is 0.0212. The van der Waals surface area contributed by atoms with Crippen LogP contribution in [0.2, 0.25) is 0 Å². The molecular formula is C19H18N4OS. The third-order valence-electron chi connectivity index (χ3n) is 4.42. The van der Waals surface area contributed by atoms with Gasteiger partial charge in [-0.2, -0.15) is 0 Å². The number of imidazole rings is 1. The van der Waals surface area contributed by atoms with E-state index < -0.39 is 0 Å². The zero-order chi connectivity index (χ0) is 17.2. The molecule has 1 aromatic carbocycles. The van der Waals surface area contributed by atoms with Crippen molar-refractivity contribution in [2.75, 3.05) is 0 Å². The molecular weight excluding hydrogens is 332 g/mol. The van der Waals surface area contributed by atoms with E-state index in [1.165, 1.54) is 5.56 Å². The molecule has 0 spiro atoms. The fraction of sp³-hybridized carbons (Fsp3) is 0.211. The molecule has 4 aromatic rings. The minimum atomic E-state index is 0.0212. The Hall–Kier alpha value is -2.73. The average Bonchev–Trinajstić information content (AvgIpc) is 3.31. The lowest BCUT2D eigenvalue weighted by Gasteiger charge is -2.08. The van der Waals surface area contributed by atoms with E-state index in [9.17, 15) is 4.79 Å². The minimum Gasteiger partial charge on any atom is -0.336 e. The fourth-order valence-corrected chi connectivity index (χ4v) is 3.97. The predicted octanol–water partition coefficient (Wildman–Crippen LogP) is 3.51. The topological polar surface area (TPSA) is 52.7 Å². The van der Waals surface area contributed by atoms with Crippen LogP contribution in [0.5, 0.6) is 0 Å². The van der Waals surface area contributed by atoms with Gasteiger partial charge in [-0.1, -0.05) is 37.3 Å². The molecule has 0 amide bonds. The molecule has 25 heavy (non-hydrogen) atoms. The Kier molecular flexibility index (Phi) is 4.19. The van der Waals surface area contributed by atoms with Gasteiger partial charge in [-0.05, 0) is 11.6 Å². The van der Waals surface area contributed by atoms with Crippen molar-refractivity contribution in [1.29, 1.82) is 0 Å².